The van der Waals surface area contributed by atoms with Gasteiger partial charge in [-0.2, -0.15) is 0 Å². The van der Waals surface area contributed by atoms with Gasteiger partial charge in [0.1, 0.15) is 0 Å². The maximum Gasteiger partial charge on any atom is 0.239 e. The van der Waals surface area contributed by atoms with Crippen LogP contribution in [0.1, 0.15) is 18.9 Å². The molecule has 4 nitrogen and oxygen atoms in total. The summed E-state index contributed by atoms with van der Waals surface area (Å²) in [4.78, 5) is 4.51. The SMILES string of the molecule is CC[C@@H](Cc1ccccc1)S(=O)(=O)N(C)c1nc(-c2ccccc2Cl)cs1. The van der Waals surface area contributed by atoms with Crippen LogP contribution in [0.5, 0.6) is 0 Å². The lowest BCUT2D eigenvalue weighted by Gasteiger charge is -2.23. The molecular weight excluding hydrogens is 400 g/mol. The minimum atomic E-state index is -3.53. The number of benzene rings is 2. The van der Waals surface area contributed by atoms with E-state index in [2.05, 4.69) is 4.98 Å². The number of aromatic nitrogens is 1. The molecule has 2 aromatic carbocycles. The van der Waals surface area contributed by atoms with E-state index in [1.807, 2.05) is 60.8 Å². The van der Waals surface area contributed by atoms with Crippen LogP contribution in [0.25, 0.3) is 11.3 Å². The van der Waals surface area contributed by atoms with E-state index < -0.39 is 15.3 Å². The Morgan fingerprint density at radius 2 is 1.78 bits per heavy atom. The van der Waals surface area contributed by atoms with E-state index in [9.17, 15) is 8.42 Å². The Balaban J connectivity index is 1.85. The van der Waals surface area contributed by atoms with Gasteiger partial charge in [0.15, 0.2) is 5.13 Å². The second kappa shape index (κ2) is 8.42. The lowest BCUT2D eigenvalue weighted by molar-refractivity contribution is 0.572. The number of anilines is 1. The number of nitrogens with zero attached hydrogens (tertiary/aromatic N) is 2. The monoisotopic (exact) mass is 420 g/mol. The van der Waals surface area contributed by atoms with Crippen LogP contribution < -0.4 is 4.31 Å². The second-order valence-corrected chi connectivity index (χ2v) is 9.72. The molecule has 27 heavy (non-hydrogen) atoms. The molecule has 3 aromatic rings. The summed E-state index contributed by atoms with van der Waals surface area (Å²) in [5.74, 6) is 0. The van der Waals surface area contributed by atoms with Gasteiger partial charge in [-0.1, -0.05) is 67.1 Å². The van der Waals surface area contributed by atoms with Gasteiger partial charge in [-0.3, -0.25) is 0 Å². The molecule has 0 unspecified atom stereocenters. The molecule has 1 aromatic heterocycles. The lowest BCUT2D eigenvalue weighted by Crippen LogP contribution is -2.37. The molecule has 7 heteroatoms. The topological polar surface area (TPSA) is 50.3 Å². The van der Waals surface area contributed by atoms with Crippen LogP contribution in [-0.4, -0.2) is 25.7 Å². The molecule has 0 amide bonds. The van der Waals surface area contributed by atoms with Crippen LogP contribution in [0.3, 0.4) is 0 Å². The molecule has 0 saturated carbocycles. The number of rotatable bonds is 7. The van der Waals surface area contributed by atoms with Gasteiger partial charge < -0.3 is 0 Å². The van der Waals surface area contributed by atoms with Crippen LogP contribution in [0.2, 0.25) is 5.02 Å². The number of halogens is 1. The highest BCUT2D eigenvalue weighted by atomic mass is 35.5. The summed E-state index contributed by atoms with van der Waals surface area (Å²) in [6.07, 6.45) is 1.01. The van der Waals surface area contributed by atoms with Gasteiger partial charge in [-0.05, 0) is 24.5 Å². The molecule has 0 saturated heterocycles. The molecule has 0 bridgehead atoms. The van der Waals surface area contributed by atoms with Crippen molar-refractivity contribution in [2.45, 2.75) is 25.0 Å². The van der Waals surface area contributed by atoms with Crippen molar-refractivity contribution in [3.05, 3.63) is 70.6 Å². The Labute approximate surface area is 169 Å². The van der Waals surface area contributed by atoms with E-state index in [-0.39, 0.29) is 0 Å². The predicted octanol–water partition coefficient (Wildman–Crippen LogP) is 5.25. The van der Waals surface area contributed by atoms with Crippen molar-refractivity contribution in [1.82, 2.24) is 4.98 Å². The van der Waals surface area contributed by atoms with Crippen LogP contribution in [0.15, 0.2) is 60.0 Å². The third kappa shape index (κ3) is 4.34. The molecule has 1 heterocycles. The normalized spacial score (nSPS) is 12.7. The van der Waals surface area contributed by atoms with Crippen molar-refractivity contribution in [1.29, 1.82) is 0 Å². The first-order valence-electron chi connectivity index (χ1n) is 8.65. The van der Waals surface area contributed by atoms with Crippen molar-refractivity contribution in [2.75, 3.05) is 11.4 Å². The molecule has 142 valence electrons. The zero-order valence-electron chi connectivity index (χ0n) is 15.2. The minimum absolute atomic E-state index is 0.441. The fraction of sp³-hybridized carbons (Fsp3) is 0.250. The van der Waals surface area contributed by atoms with Gasteiger partial charge in [0, 0.05) is 23.0 Å². The van der Waals surface area contributed by atoms with Crippen molar-refractivity contribution in [3.8, 4) is 11.3 Å². The summed E-state index contributed by atoms with van der Waals surface area (Å²) in [5, 5.41) is 2.37. The van der Waals surface area contributed by atoms with Crippen LogP contribution in [0.4, 0.5) is 5.13 Å². The summed E-state index contributed by atoms with van der Waals surface area (Å²) >= 11 is 7.53. The van der Waals surface area contributed by atoms with E-state index in [0.29, 0.717) is 28.7 Å². The molecule has 0 aliphatic carbocycles. The zero-order chi connectivity index (χ0) is 19.4. The smallest absolute Gasteiger partial charge is 0.239 e. The molecule has 0 N–H and O–H groups in total. The second-order valence-electron chi connectivity index (χ2n) is 6.23. The molecule has 0 aliphatic rings. The largest absolute Gasteiger partial charge is 0.248 e. The quantitative estimate of drug-likeness (QED) is 0.524. The molecule has 0 spiro atoms. The summed E-state index contributed by atoms with van der Waals surface area (Å²) in [6.45, 7) is 1.90. The third-order valence-corrected chi connectivity index (χ3v) is 8.12. The number of sulfonamides is 1. The van der Waals surface area contributed by atoms with Gasteiger partial charge in [0.25, 0.3) is 0 Å². The fourth-order valence-electron chi connectivity index (χ4n) is 2.87. The highest BCUT2D eigenvalue weighted by Gasteiger charge is 2.30. The Kier molecular flexibility index (Phi) is 6.19. The average molecular weight is 421 g/mol. The molecule has 0 radical (unpaired) electrons. The van der Waals surface area contributed by atoms with Crippen molar-refractivity contribution in [2.24, 2.45) is 0 Å². The number of thiazole rings is 1. The van der Waals surface area contributed by atoms with Gasteiger partial charge in [0.2, 0.25) is 10.0 Å². The zero-order valence-corrected chi connectivity index (χ0v) is 17.6. The molecular formula is C20H21ClN2O2S2. The fourth-order valence-corrected chi connectivity index (χ4v) is 5.77. The van der Waals surface area contributed by atoms with Crippen molar-refractivity contribution < 1.29 is 8.42 Å². The molecule has 1 atom stereocenters. The Bertz CT molecular complexity index is 1000. The van der Waals surface area contributed by atoms with Crippen LogP contribution in [-0.2, 0) is 16.4 Å². The Morgan fingerprint density at radius 3 is 2.44 bits per heavy atom. The predicted molar refractivity (Wildman–Crippen MR) is 114 cm³/mol. The molecule has 0 aliphatic heterocycles. The highest BCUT2D eigenvalue weighted by molar-refractivity contribution is 7.93. The van der Waals surface area contributed by atoms with Crippen molar-refractivity contribution >= 4 is 38.1 Å². The minimum Gasteiger partial charge on any atom is -0.248 e. The van der Waals surface area contributed by atoms with E-state index in [1.54, 1.807) is 13.1 Å². The van der Waals surface area contributed by atoms with Crippen LogP contribution in [0, 0.1) is 0 Å². The van der Waals surface area contributed by atoms with Gasteiger partial charge in [0.05, 0.1) is 10.9 Å². The maximum absolute atomic E-state index is 13.1. The summed E-state index contributed by atoms with van der Waals surface area (Å²) in [6, 6.07) is 17.1. The first-order chi connectivity index (χ1) is 12.9. The van der Waals surface area contributed by atoms with E-state index in [0.717, 1.165) is 11.1 Å². The van der Waals surface area contributed by atoms with Gasteiger partial charge in [-0.15, -0.1) is 11.3 Å². The van der Waals surface area contributed by atoms with Crippen LogP contribution >= 0.6 is 22.9 Å². The van der Waals surface area contributed by atoms with E-state index in [4.69, 9.17) is 11.6 Å². The summed E-state index contributed by atoms with van der Waals surface area (Å²) in [5.41, 5.74) is 2.49. The lowest BCUT2D eigenvalue weighted by atomic mass is 10.1. The van der Waals surface area contributed by atoms with Crippen molar-refractivity contribution in [3.63, 3.8) is 0 Å². The third-order valence-electron chi connectivity index (χ3n) is 4.48. The first-order valence-corrected chi connectivity index (χ1v) is 11.4. The van der Waals surface area contributed by atoms with E-state index >= 15 is 0 Å². The summed E-state index contributed by atoms with van der Waals surface area (Å²) in [7, 11) is -1.97. The highest BCUT2D eigenvalue weighted by Crippen LogP contribution is 2.33. The Hall–Kier alpha value is -1.89. The first kappa shape index (κ1) is 19.9. The number of hydrogen-bond donors (Lipinski definition) is 0. The van der Waals surface area contributed by atoms with Gasteiger partial charge in [-0.25, -0.2) is 17.7 Å². The standard InChI is InChI=1S/C20H21ClN2O2S2/c1-3-16(13-15-9-5-4-6-10-15)27(24,25)23(2)20-22-19(14-26-20)17-11-7-8-12-18(17)21/h4-12,14,16H,3,13H2,1-2H3/t16-/m0/s1. The maximum atomic E-state index is 13.1. The van der Waals surface area contributed by atoms with Gasteiger partial charge >= 0.3 is 0 Å². The molecule has 3 rings (SSSR count). The number of hydrogen-bond acceptors (Lipinski definition) is 4. The molecule has 0 fully saturated rings. The average Bonchev–Trinajstić information content (AvgIpc) is 3.16. The Morgan fingerprint density at radius 1 is 1.11 bits per heavy atom. The van der Waals surface area contributed by atoms with E-state index in [1.165, 1.54) is 15.6 Å². The summed E-state index contributed by atoms with van der Waals surface area (Å²) < 4.78 is 27.6.